The molecule has 0 radical (unpaired) electrons. The van der Waals surface area contributed by atoms with Crippen LogP contribution in [0.25, 0.3) is 89.1 Å². The molecular weight excluding hydrogens is 625 g/mol. The van der Waals surface area contributed by atoms with E-state index in [2.05, 4.69) is 109 Å². The van der Waals surface area contributed by atoms with E-state index in [4.69, 9.17) is 14.4 Å². The van der Waals surface area contributed by atoms with Gasteiger partial charge in [0.1, 0.15) is 16.9 Å². The molecule has 0 fully saturated rings. The van der Waals surface area contributed by atoms with E-state index in [1.807, 2.05) is 61.5 Å². The number of hydrogen-bond acceptors (Lipinski definition) is 4. The van der Waals surface area contributed by atoms with Gasteiger partial charge in [-0.25, -0.2) is 4.98 Å². The van der Waals surface area contributed by atoms with Crippen molar-refractivity contribution in [2.75, 3.05) is 0 Å². The molecule has 0 saturated carbocycles. The Balaban J connectivity index is 1.15. The minimum atomic E-state index is 0.197. The standard InChI is InChI=1S/C47H32N2O2/c1-30-25-35(36-17-5-6-18-37(36)39-21-12-22-40-38-19-8-10-24-46(38)51-47(39)40)29-42(48-30)32-15-11-16-33(26-32)43-27-34(31-13-3-2-4-14-31)28-44(49-43)41-20-7-9-23-45(41)50/h2-29,50H,1H3. The molecule has 3 heterocycles. The van der Waals surface area contributed by atoms with Crippen molar-refractivity contribution in [2.45, 2.75) is 6.92 Å². The van der Waals surface area contributed by atoms with Crippen molar-refractivity contribution in [3.8, 4) is 72.9 Å². The molecule has 3 aromatic heterocycles. The summed E-state index contributed by atoms with van der Waals surface area (Å²) in [6, 6.07) is 57.5. The Morgan fingerprint density at radius 1 is 0.412 bits per heavy atom. The van der Waals surface area contributed by atoms with E-state index in [9.17, 15) is 5.11 Å². The van der Waals surface area contributed by atoms with Crippen LogP contribution in [0.1, 0.15) is 5.69 Å². The van der Waals surface area contributed by atoms with Crippen molar-refractivity contribution in [1.29, 1.82) is 0 Å². The van der Waals surface area contributed by atoms with Gasteiger partial charge in [-0.15, -0.1) is 0 Å². The number of aryl methyl sites for hydroxylation is 1. The Labute approximate surface area is 296 Å². The fraction of sp³-hybridized carbons (Fsp3) is 0.0213. The first-order valence-electron chi connectivity index (χ1n) is 17.0. The quantitative estimate of drug-likeness (QED) is 0.193. The van der Waals surface area contributed by atoms with Gasteiger partial charge in [-0.2, -0.15) is 0 Å². The van der Waals surface area contributed by atoms with Crippen LogP contribution in [-0.2, 0) is 0 Å². The number of nitrogens with zero attached hydrogens (tertiary/aromatic N) is 2. The monoisotopic (exact) mass is 656 g/mol. The van der Waals surface area contributed by atoms with Crippen LogP contribution in [0.15, 0.2) is 174 Å². The highest BCUT2D eigenvalue weighted by Crippen LogP contribution is 2.41. The number of aromatic hydroxyl groups is 1. The highest BCUT2D eigenvalue weighted by Gasteiger charge is 2.17. The van der Waals surface area contributed by atoms with Crippen LogP contribution in [-0.4, -0.2) is 15.1 Å². The lowest BCUT2D eigenvalue weighted by molar-refractivity contribution is 0.477. The van der Waals surface area contributed by atoms with Crippen molar-refractivity contribution in [3.63, 3.8) is 0 Å². The summed E-state index contributed by atoms with van der Waals surface area (Å²) in [7, 11) is 0. The number of phenols is 1. The molecule has 9 rings (SSSR count). The molecule has 0 aliphatic carbocycles. The number of para-hydroxylation sites is 3. The number of phenolic OH excluding ortho intramolecular Hbond substituents is 1. The minimum Gasteiger partial charge on any atom is -0.507 e. The molecule has 4 heteroatoms. The van der Waals surface area contributed by atoms with E-state index < -0.39 is 0 Å². The molecule has 0 bridgehead atoms. The average Bonchev–Trinajstić information content (AvgIpc) is 3.57. The highest BCUT2D eigenvalue weighted by atomic mass is 16.3. The van der Waals surface area contributed by atoms with Gasteiger partial charge in [-0.3, -0.25) is 4.98 Å². The molecule has 4 nitrogen and oxygen atoms in total. The Kier molecular flexibility index (Phi) is 7.48. The van der Waals surface area contributed by atoms with Gasteiger partial charge < -0.3 is 9.52 Å². The van der Waals surface area contributed by atoms with Crippen molar-refractivity contribution >= 4 is 21.9 Å². The second-order valence-electron chi connectivity index (χ2n) is 12.8. The van der Waals surface area contributed by atoms with Gasteiger partial charge in [-0.1, -0.05) is 121 Å². The lowest BCUT2D eigenvalue weighted by Crippen LogP contribution is -1.94. The first-order valence-corrected chi connectivity index (χ1v) is 17.0. The minimum absolute atomic E-state index is 0.197. The topological polar surface area (TPSA) is 59.2 Å². The molecule has 9 aromatic rings. The fourth-order valence-electron chi connectivity index (χ4n) is 7.04. The molecule has 0 aliphatic heterocycles. The number of aromatic nitrogens is 2. The van der Waals surface area contributed by atoms with E-state index in [1.165, 1.54) is 0 Å². The van der Waals surface area contributed by atoms with Gasteiger partial charge in [0, 0.05) is 38.7 Å². The smallest absolute Gasteiger partial charge is 0.143 e. The summed E-state index contributed by atoms with van der Waals surface area (Å²) in [4.78, 5) is 10.1. The lowest BCUT2D eigenvalue weighted by Gasteiger charge is -2.14. The molecule has 51 heavy (non-hydrogen) atoms. The predicted octanol–water partition coefficient (Wildman–Crippen LogP) is 12.4. The Hall–Kier alpha value is -6.78. The fourth-order valence-corrected chi connectivity index (χ4v) is 7.04. The van der Waals surface area contributed by atoms with Gasteiger partial charge in [0.2, 0.25) is 0 Å². The number of rotatable bonds is 6. The Morgan fingerprint density at radius 2 is 1.00 bits per heavy atom. The van der Waals surface area contributed by atoms with Gasteiger partial charge in [-0.05, 0) is 83.3 Å². The molecule has 6 aromatic carbocycles. The third-order valence-corrected chi connectivity index (χ3v) is 9.45. The SMILES string of the molecule is Cc1cc(-c2ccccc2-c2cccc3c2oc2ccccc23)cc(-c2cccc(-c3cc(-c4ccccc4)cc(-c4ccccc4O)n3)c2)n1. The van der Waals surface area contributed by atoms with Gasteiger partial charge in [0.25, 0.3) is 0 Å². The maximum atomic E-state index is 10.7. The van der Waals surface area contributed by atoms with Crippen molar-refractivity contribution < 1.29 is 9.52 Å². The molecule has 0 unspecified atom stereocenters. The molecule has 242 valence electrons. The molecule has 0 aliphatic rings. The van der Waals surface area contributed by atoms with E-state index in [1.54, 1.807) is 6.07 Å². The van der Waals surface area contributed by atoms with Crippen LogP contribution in [0.5, 0.6) is 5.75 Å². The summed E-state index contributed by atoms with van der Waals surface area (Å²) >= 11 is 0. The van der Waals surface area contributed by atoms with Crippen LogP contribution in [0.3, 0.4) is 0 Å². The molecule has 0 saturated heterocycles. The molecule has 0 spiro atoms. The summed E-state index contributed by atoms with van der Waals surface area (Å²) in [5.74, 6) is 0.197. The van der Waals surface area contributed by atoms with Crippen molar-refractivity contribution in [2.24, 2.45) is 0 Å². The maximum Gasteiger partial charge on any atom is 0.143 e. The number of pyridine rings is 2. The van der Waals surface area contributed by atoms with Crippen LogP contribution < -0.4 is 0 Å². The number of furan rings is 1. The molecule has 0 amide bonds. The predicted molar refractivity (Wildman–Crippen MR) is 208 cm³/mol. The maximum absolute atomic E-state index is 10.7. The number of fused-ring (bicyclic) bond motifs is 3. The van der Waals surface area contributed by atoms with Crippen LogP contribution >= 0.6 is 0 Å². The second-order valence-corrected chi connectivity index (χ2v) is 12.8. The Morgan fingerprint density at radius 3 is 1.82 bits per heavy atom. The van der Waals surface area contributed by atoms with E-state index in [0.717, 1.165) is 83.5 Å². The van der Waals surface area contributed by atoms with E-state index in [-0.39, 0.29) is 5.75 Å². The highest BCUT2D eigenvalue weighted by molar-refractivity contribution is 6.10. The summed E-state index contributed by atoms with van der Waals surface area (Å²) in [5, 5.41) is 13.0. The van der Waals surface area contributed by atoms with Gasteiger partial charge in [0.15, 0.2) is 0 Å². The van der Waals surface area contributed by atoms with Crippen LogP contribution in [0, 0.1) is 6.92 Å². The summed E-state index contributed by atoms with van der Waals surface area (Å²) < 4.78 is 6.45. The van der Waals surface area contributed by atoms with Gasteiger partial charge in [0.05, 0.1) is 17.1 Å². The zero-order chi connectivity index (χ0) is 34.3. The summed E-state index contributed by atoms with van der Waals surface area (Å²) in [6.07, 6.45) is 0. The summed E-state index contributed by atoms with van der Waals surface area (Å²) in [5.41, 5.74) is 14.2. The molecule has 1 N–H and O–H groups in total. The average molecular weight is 657 g/mol. The Bertz CT molecular complexity index is 2730. The normalized spacial score (nSPS) is 11.3. The lowest BCUT2D eigenvalue weighted by atomic mass is 9.92. The van der Waals surface area contributed by atoms with Crippen LogP contribution in [0.2, 0.25) is 0 Å². The zero-order valence-electron chi connectivity index (χ0n) is 27.9. The first kappa shape index (κ1) is 30.3. The van der Waals surface area contributed by atoms with E-state index in [0.29, 0.717) is 11.3 Å². The second kappa shape index (κ2) is 12.6. The van der Waals surface area contributed by atoms with Crippen molar-refractivity contribution in [3.05, 3.63) is 176 Å². The number of benzene rings is 6. The largest absolute Gasteiger partial charge is 0.507 e. The summed E-state index contributed by atoms with van der Waals surface area (Å²) in [6.45, 7) is 2.04. The molecular formula is C47H32N2O2. The number of hydrogen-bond donors (Lipinski definition) is 1. The zero-order valence-corrected chi connectivity index (χ0v) is 27.9. The third kappa shape index (κ3) is 5.63. The molecule has 0 atom stereocenters. The third-order valence-electron chi connectivity index (χ3n) is 9.45. The van der Waals surface area contributed by atoms with Crippen molar-refractivity contribution in [1.82, 2.24) is 9.97 Å². The van der Waals surface area contributed by atoms with E-state index >= 15 is 0 Å². The van der Waals surface area contributed by atoms with Crippen LogP contribution in [0.4, 0.5) is 0 Å². The first-order chi connectivity index (χ1) is 25.1. The van der Waals surface area contributed by atoms with Gasteiger partial charge >= 0.3 is 0 Å².